The van der Waals surface area contributed by atoms with Crippen LogP contribution in [0, 0.1) is 11.6 Å². The van der Waals surface area contributed by atoms with Gasteiger partial charge in [0.1, 0.15) is 18.1 Å². The number of rotatable bonds is 4. The number of pyridine rings is 1. The van der Waals surface area contributed by atoms with E-state index in [4.69, 9.17) is 10.6 Å². The summed E-state index contributed by atoms with van der Waals surface area (Å²) in [6.07, 6.45) is 0. The smallest absolute Gasteiger partial charge is 0.283 e. The molecule has 1 aromatic heterocycles. The monoisotopic (exact) mass is 279 g/mol. The summed E-state index contributed by atoms with van der Waals surface area (Å²) in [4.78, 5) is 15.3. The largest absolute Gasteiger partial charge is 0.484 e. The molecule has 1 heterocycles. The maximum atomic E-state index is 13.3. The van der Waals surface area contributed by atoms with Gasteiger partial charge in [0.2, 0.25) is 0 Å². The summed E-state index contributed by atoms with van der Waals surface area (Å²) in [5.74, 6) is 2.94. The van der Waals surface area contributed by atoms with Gasteiger partial charge < -0.3 is 4.74 Å². The Kier molecular flexibility index (Phi) is 4.21. The van der Waals surface area contributed by atoms with Crippen LogP contribution in [0.3, 0.4) is 0 Å². The first-order valence-corrected chi connectivity index (χ1v) is 5.65. The molecule has 2 rings (SSSR count). The van der Waals surface area contributed by atoms with Crippen molar-refractivity contribution in [1.82, 2.24) is 10.4 Å². The van der Waals surface area contributed by atoms with Crippen molar-refractivity contribution < 1.29 is 18.3 Å². The fourth-order valence-corrected chi connectivity index (χ4v) is 1.50. The van der Waals surface area contributed by atoms with Crippen molar-refractivity contribution in [3.8, 4) is 5.75 Å². The van der Waals surface area contributed by atoms with E-state index in [2.05, 4.69) is 4.98 Å². The van der Waals surface area contributed by atoms with Crippen LogP contribution in [0.4, 0.5) is 8.78 Å². The van der Waals surface area contributed by atoms with E-state index in [0.717, 1.165) is 18.2 Å². The minimum Gasteiger partial charge on any atom is -0.484 e. The Bertz CT molecular complexity index is 635. The average molecular weight is 279 g/mol. The van der Waals surface area contributed by atoms with E-state index < -0.39 is 17.5 Å². The summed E-state index contributed by atoms with van der Waals surface area (Å²) in [5, 5.41) is 0. The number of hydrogen-bond donors (Lipinski definition) is 2. The molecule has 0 atom stereocenters. The van der Waals surface area contributed by atoms with Crippen molar-refractivity contribution in [2.24, 2.45) is 5.84 Å². The Balaban J connectivity index is 2.11. The summed E-state index contributed by atoms with van der Waals surface area (Å²) >= 11 is 0. The zero-order valence-electron chi connectivity index (χ0n) is 10.3. The molecule has 20 heavy (non-hydrogen) atoms. The van der Waals surface area contributed by atoms with Gasteiger partial charge in [-0.05, 0) is 24.3 Å². The van der Waals surface area contributed by atoms with Crippen LogP contribution in [-0.2, 0) is 6.61 Å². The second-order valence-corrected chi connectivity index (χ2v) is 3.85. The van der Waals surface area contributed by atoms with Gasteiger partial charge >= 0.3 is 0 Å². The molecule has 7 heteroatoms. The first-order valence-electron chi connectivity index (χ1n) is 5.65. The number of halogens is 2. The molecule has 1 aromatic carbocycles. The number of nitrogens with two attached hydrogens (primary N) is 1. The number of amides is 1. The van der Waals surface area contributed by atoms with Gasteiger partial charge in [-0.3, -0.25) is 10.2 Å². The van der Waals surface area contributed by atoms with E-state index in [1.54, 1.807) is 12.1 Å². The number of hydrazine groups is 1. The first kappa shape index (κ1) is 13.9. The summed E-state index contributed by atoms with van der Waals surface area (Å²) in [6.45, 7) is -0.105. The topological polar surface area (TPSA) is 77.2 Å². The van der Waals surface area contributed by atoms with Crippen LogP contribution in [0.15, 0.2) is 36.4 Å². The second kappa shape index (κ2) is 6.07. The highest BCUT2D eigenvalue weighted by molar-refractivity contribution is 5.91. The molecule has 3 N–H and O–H groups in total. The van der Waals surface area contributed by atoms with E-state index in [0.29, 0.717) is 5.69 Å². The van der Waals surface area contributed by atoms with Gasteiger partial charge in [0.25, 0.3) is 5.91 Å². The van der Waals surface area contributed by atoms with E-state index in [1.807, 2.05) is 5.43 Å². The summed E-state index contributed by atoms with van der Waals surface area (Å²) in [6, 6.07) is 7.53. The third-order valence-electron chi connectivity index (χ3n) is 2.44. The molecule has 0 bridgehead atoms. The van der Waals surface area contributed by atoms with Crippen LogP contribution in [0.1, 0.15) is 16.2 Å². The lowest BCUT2D eigenvalue weighted by Crippen LogP contribution is -2.30. The molecule has 1 amide bonds. The second-order valence-electron chi connectivity index (χ2n) is 3.85. The lowest BCUT2D eigenvalue weighted by atomic mass is 10.3. The summed E-state index contributed by atoms with van der Waals surface area (Å²) in [5.41, 5.74) is 2.44. The Hall–Kier alpha value is -2.54. The fourth-order valence-electron chi connectivity index (χ4n) is 1.50. The molecule has 5 nitrogen and oxygen atoms in total. The number of nitrogens with zero attached hydrogens (tertiary/aromatic N) is 1. The molecule has 0 unspecified atom stereocenters. The van der Waals surface area contributed by atoms with Crippen molar-refractivity contribution in [3.05, 3.63) is 59.4 Å². The maximum Gasteiger partial charge on any atom is 0.283 e. The average Bonchev–Trinajstić information content (AvgIpc) is 2.47. The van der Waals surface area contributed by atoms with E-state index in [9.17, 15) is 13.6 Å². The van der Waals surface area contributed by atoms with Gasteiger partial charge in [0.05, 0.1) is 5.69 Å². The number of benzene rings is 1. The van der Waals surface area contributed by atoms with Gasteiger partial charge in [-0.15, -0.1) is 0 Å². The van der Waals surface area contributed by atoms with Gasteiger partial charge in [-0.25, -0.2) is 19.6 Å². The molecular weight excluding hydrogens is 268 g/mol. The van der Waals surface area contributed by atoms with Gasteiger partial charge in [-0.2, -0.15) is 0 Å². The quantitative estimate of drug-likeness (QED) is 0.505. The molecule has 0 radical (unpaired) electrons. The standard InChI is InChI=1S/C13H11F2N3O2/c14-8-4-5-10(15)12(6-8)20-7-9-2-1-3-11(17-9)13(19)18-16/h1-6H,7,16H2,(H,18,19). The number of nitrogens with one attached hydrogen (secondary N) is 1. The normalized spacial score (nSPS) is 10.2. The third-order valence-corrected chi connectivity index (χ3v) is 2.44. The predicted octanol–water partition coefficient (Wildman–Crippen LogP) is 1.54. The number of aromatic nitrogens is 1. The minimum atomic E-state index is -0.678. The van der Waals surface area contributed by atoms with Crippen LogP contribution >= 0.6 is 0 Å². The van der Waals surface area contributed by atoms with Crippen molar-refractivity contribution in [3.63, 3.8) is 0 Å². The first-order chi connectivity index (χ1) is 9.60. The number of nitrogen functional groups attached to an aromatic ring is 1. The molecule has 2 aromatic rings. The number of ether oxygens (including phenoxy) is 1. The third kappa shape index (κ3) is 3.27. The van der Waals surface area contributed by atoms with Crippen molar-refractivity contribution in [1.29, 1.82) is 0 Å². The highest BCUT2D eigenvalue weighted by Gasteiger charge is 2.08. The van der Waals surface area contributed by atoms with Crippen molar-refractivity contribution >= 4 is 5.91 Å². The van der Waals surface area contributed by atoms with Crippen LogP contribution in [0.2, 0.25) is 0 Å². The molecule has 0 aliphatic heterocycles. The SMILES string of the molecule is NNC(=O)c1cccc(COc2cc(F)ccc2F)n1. The highest BCUT2D eigenvalue weighted by atomic mass is 19.1. The van der Waals surface area contributed by atoms with Gasteiger partial charge in [0, 0.05) is 6.07 Å². The number of carbonyl (C=O) groups is 1. The molecular formula is C13H11F2N3O2. The fraction of sp³-hybridized carbons (Fsp3) is 0.0769. The van der Waals surface area contributed by atoms with Crippen LogP contribution < -0.4 is 16.0 Å². The molecule has 0 spiro atoms. The highest BCUT2D eigenvalue weighted by Crippen LogP contribution is 2.19. The molecule has 104 valence electrons. The molecule has 0 saturated carbocycles. The maximum absolute atomic E-state index is 13.3. The van der Waals surface area contributed by atoms with Crippen molar-refractivity contribution in [2.45, 2.75) is 6.61 Å². The zero-order valence-corrected chi connectivity index (χ0v) is 10.3. The van der Waals surface area contributed by atoms with E-state index >= 15 is 0 Å². The Morgan fingerprint density at radius 1 is 1.30 bits per heavy atom. The predicted molar refractivity (Wildman–Crippen MR) is 66.6 cm³/mol. The lowest BCUT2D eigenvalue weighted by molar-refractivity contribution is 0.0948. The van der Waals surface area contributed by atoms with Crippen LogP contribution in [0.5, 0.6) is 5.75 Å². The van der Waals surface area contributed by atoms with Crippen LogP contribution in [-0.4, -0.2) is 10.9 Å². The van der Waals surface area contributed by atoms with Gasteiger partial charge in [-0.1, -0.05) is 6.07 Å². The molecule has 0 saturated heterocycles. The zero-order chi connectivity index (χ0) is 14.5. The number of hydrogen-bond acceptors (Lipinski definition) is 4. The molecule has 0 aliphatic rings. The van der Waals surface area contributed by atoms with Crippen molar-refractivity contribution in [2.75, 3.05) is 0 Å². The summed E-state index contributed by atoms with van der Waals surface area (Å²) < 4.78 is 31.4. The Labute approximate surface area is 113 Å². The molecule has 0 aliphatic carbocycles. The molecule has 0 fully saturated rings. The minimum absolute atomic E-state index is 0.105. The van der Waals surface area contributed by atoms with Crippen LogP contribution in [0.25, 0.3) is 0 Å². The Morgan fingerprint density at radius 3 is 2.85 bits per heavy atom. The lowest BCUT2D eigenvalue weighted by Gasteiger charge is -2.07. The number of carbonyl (C=O) groups excluding carboxylic acids is 1. The van der Waals surface area contributed by atoms with E-state index in [-0.39, 0.29) is 18.1 Å². The van der Waals surface area contributed by atoms with E-state index in [1.165, 1.54) is 6.07 Å². The van der Waals surface area contributed by atoms with Gasteiger partial charge in [0.15, 0.2) is 11.6 Å². The Morgan fingerprint density at radius 2 is 2.10 bits per heavy atom. The summed E-state index contributed by atoms with van der Waals surface area (Å²) in [7, 11) is 0.